The van der Waals surface area contributed by atoms with Gasteiger partial charge in [-0.1, -0.05) is 39.8 Å². The molecule has 0 N–H and O–H groups in total. The number of nitrogens with zero attached hydrogens (tertiary/aromatic N) is 4. The topological polar surface area (TPSA) is 43.6 Å². The molecule has 0 spiro atoms. The van der Waals surface area contributed by atoms with Gasteiger partial charge in [-0.3, -0.25) is 0 Å². The Morgan fingerprint density at radius 1 is 1.13 bits per heavy atom. The van der Waals surface area contributed by atoms with Crippen molar-refractivity contribution in [2.45, 2.75) is 24.8 Å². The van der Waals surface area contributed by atoms with E-state index in [9.17, 15) is 4.39 Å². The molecule has 7 heteroatoms. The van der Waals surface area contributed by atoms with Crippen LogP contribution in [0.1, 0.15) is 16.7 Å². The third-order valence-corrected chi connectivity index (χ3v) is 5.01. The Balaban J connectivity index is 1.82. The summed E-state index contributed by atoms with van der Waals surface area (Å²) in [5.41, 5.74) is 3.91. The van der Waals surface area contributed by atoms with Crippen molar-refractivity contribution in [2.24, 2.45) is 0 Å². The fourth-order valence-corrected chi connectivity index (χ4v) is 3.28. The third-order valence-electron chi connectivity index (χ3n) is 3.55. The zero-order valence-electron chi connectivity index (χ0n) is 12.6. The molecule has 23 heavy (non-hydrogen) atoms. The molecule has 1 aromatic heterocycles. The summed E-state index contributed by atoms with van der Waals surface area (Å²) in [5.74, 6) is 0.224. The monoisotopic (exact) mass is 392 g/mol. The standard InChI is InChI=1S/C16H14BrFN4S/c1-10-3-6-14(7-11(10)2)22-16(19-20-21-22)23-9-12-4-5-13(17)8-15(12)18/h3-8H,9H2,1-2H3. The third kappa shape index (κ3) is 3.61. The van der Waals surface area contributed by atoms with E-state index in [-0.39, 0.29) is 5.82 Å². The molecule has 0 aliphatic rings. The van der Waals surface area contributed by atoms with Gasteiger partial charge in [0.05, 0.1) is 5.69 Å². The van der Waals surface area contributed by atoms with Gasteiger partial charge in [0.15, 0.2) is 0 Å². The quantitative estimate of drug-likeness (QED) is 0.614. The van der Waals surface area contributed by atoms with Crippen LogP contribution in [0.4, 0.5) is 4.39 Å². The number of rotatable bonds is 4. The highest BCUT2D eigenvalue weighted by Crippen LogP contribution is 2.25. The van der Waals surface area contributed by atoms with E-state index in [1.54, 1.807) is 10.7 Å². The smallest absolute Gasteiger partial charge is 0.207 e. The molecule has 0 saturated heterocycles. The molecule has 118 valence electrons. The lowest BCUT2D eigenvalue weighted by molar-refractivity contribution is 0.616. The predicted molar refractivity (Wildman–Crippen MR) is 92.3 cm³/mol. The van der Waals surface area contributed by atoms with Crippen molar-refractivity contribution in [3.8, 4) is 5.69 Å². The maximum absolute atomic E-state index is 13.9. The summed E-state index contributed by atoms with van der Waals surface area (Å²) in [6.07, 6.45) is 0. The first kappa shape index (κ1) is 16.1. The van der Waals surface area contributed by atoms with Gasteiger partial charge in [-0.05, 0) is 65.2 Å². The van der Waals surface area contributed by atoms with Crippen molar-refractivity contribution < 1.29 is 4.39 Å². The van der Waals surface area contributed by atoms with E-state index in [1.807, 2.05) is 31.2 Å². The molecule has 0 aliphatic carbocycles. The van der Waals surface area contributed by atoms with Crippen molar-refractivity contribution in [3.05, 3.63) is 63.4 Å². The Kier molecular flexibility index (Phi) is 4.77. The first-order chi connectivity index (χ1) is 11.0. The van der Waals surface area contributed by atoms with E-state index in [1.165, 1.54) is 29.0 Å². The van der Waals surface area contributed by atoms with Crippen LogP contribution in [0.3, 0.4) is 0 Å². The summed E-state index contributed by atoms with van der Waals surface area (Å²) in [4.78, 5) is 0. The van der Waals surface area contributed by atoms with Crippen molar-refractivity contribution in [1.29, 1.82) is 0 Å². The number of tetrazole rings is 1. The molecule has 0 unspecified atom stereocenters. The lowest BCUT2D eigenvalue weighted by Gasteiger charge is -2.07. The van der Waals surface area contributed by atoms with Gasteiger partial charge in [0.2, 0.25) is 5.16 Å². The molecular weight excluding hydrogens is 379 g/mol. The zero-order chi connectivity index (χ0) is 16.4. The average molecular weight is 393 g/mol. The molecule has 3 rings (SSSR count). The van der Waals surface area contributed by atoms with Gasteiger partial charge in [-0.2, -0.15) is 4.68 Å². The molecule has 0 bridgehead atoms. The minimum atomic E-state index is -0.239. The normalized spacial score (nSPS) is 11.0. The molecule has 0 radical (unpaired) electrons. The van der Waals surface area contributed by atoms with E-state index in [4.69, 9.17) is 0 Å². The van der Waals surface area contributed by atoms with E-state index in [2.05, 4.69) is 38.4 Å². The van der Waals surface area contributed by atoms with Gasteiger partial charge >= 0.3 is 0 Å². The van der Waals surface area contributed by atoms with Gasteiger partial charge in [0.1, 0.15) is 5.82 Å². The molecule has 1 heterocycles. The summed E-state index contributed by atoms with van der Waals surface area (Å²) in [6, 6.07) is 11.1. The second-order valence-electron chi connectivity index (χ2n) is 5.17. The summed E-state index contributed by atoms with van der Waals surface area (Å²) >= 11 is 4.66. The van der Waals surface area contributed by atoms with E-state index in [0.717, 1.165) is 10.2 Å². The number of hydrogen-bond donors (Lipinski definition) is 0. The molecule has 3 aromatic rings. The highest BCUT2D eigenvalue weighted by atomic mass is 79.9. The number of hydrogen-bond acceptors (Lipinski definition) is 4. The highest BCUT2D eigenvalue weighted by molar-refractivity contribution is 9.10. The van der Waals surface area contributed by atoms with Crippen molar-refractivity contribution >= 4 is 27.7 Å². The van der Waals surface area contributed by atoms with E-state index < -0.39 is 0 Å². The maximum Gasteiger partial charge on any atom is 0.214 e. The van der Waals surface area contributed by atoms with Gasteiger partial charge in [0.25, 0.3) is 0 Å². The molecule has 0 aliphatic heterocycles. The Bertz CT molecular complexity index is 850. The van der Waals surface area contributed by atoms with Crippen LogP contribution in [-0.4, -0.2) is 20.2 Å². The van der Waals surface area contributed by atoms with Gasteiger partial charge < -0.3 is 0 Å². The molecule has 2 aromatic carbocycles. The summed E-state index contributed by atoms with van der Waals surface area (Å²) in [7, 11) is 0. The van der Waals surface area contributed by atoms with Crippen LogP contribution in [0.2, 0.25) is 0 Å². The minimum Gasteiger partial charge on any atom is -0.207 e. The fourth-order valence-electron chi connectivity index (χ4n) is 2.07. The van der Waals surface area contributed by atoms with Crippen LogP contribution in [0.25, 0.3) is 5.69 Å². The Morgan fingerprint density at radius 3 is 2.70 bits per heavy atom. The molecule has 0 atom stereocenters. The van der Waals surface area contributed by atoms with Gasteiger partial charge in [-0.25, -0.2) is 4.39 Å². The van der Waals surface area contributed by atoms with E-state index >= 15 is 0 Å². The number of thioether (sulfide) groups is 1. The van der Waals surface area contributed by atoms with Crippen LogP contribution >= 0.6 is 27.7 Å². The largest absolute Gasteiger partial charge is 0.214 e. The van der Waals surface area contributed by atoms with Gasteiger partial charge in [0, 0.05) is 10.2 Å². The number of benzene rings is 2. The maximum atomic E-state index is 13.9. The number of aromatic nitrogens is 4. The first-order valence-electron chi connectivity index (χ1n) is 6.97. The van der Waals surface area contributed by atoms with Crippen LogP contribution < -0.4 is 0 Å². The van der Waals surface area contributed by atoms with E-state index in [0.29, 0.717) is 16.5 Å². The Hall–Kier alpha value is -1.73. The first-order valence-corrected chi connectivity index (χ1v) is 8.75. The summed E-state index contributed by atoms with van der Waals surface area (Å²) in [5, 5.41) is 12.5. The zero-order valence-corrected chi connectivity index (χ0v) is 15.0. The van der Waals surface area contributed by atoms with Crippen molar-refractivity contribution in [2.75, 3.05) is 0 Å². The van der Waals surface area contributed by atoms with Crippen molar-refractivity contribution in [1.82, 2.24) is 20.2 Å². The fraction of sp³-hybridized carbons (Fsp3) is 0.188. The number of aryl methyl sites for hydroxylation is 2. The predicted octanol–water partition coefficient (Wildman–Crippen LogP) is 4.47. The van der Waals surface area contributed by atoms with Crippen LogP contribution in [0, 0.1) is 19.7 Å². The molecule has 0 amide bonds. The molecule has 0 fully saturated rings. The average Bonchev–Trinajstić information content (AvgIpc) is 2.98. The van der Waals surface area contributed by atoms with Crippen LogP contribution in [-0.2, 0) is 5.75 Å². The second kappa shape index (κ2) is 6.80. The lowest BCUT2D eigenvalue weighted by Crippen LogP contribution is -2.00. The molecular formula is C16H14BrFN4S. The van der Waals surface area contributed by atoms with Crippen LogP contribution in [0.15, 0.2) is 46.0 Å². The number of halogens is 2. The van der Waals surface area contributed by atoms with Crippen LogP contribution in [0.5, 0.6) is 0 Å². The second-order valence-corrected chi connectivity index (χ2v) is 7.02. The Morgan fingerprint density at radius 2 is 1.96 bits per heavy atom. The Labute approximate surface area is 146 Å². The summed E-state index contributed by atoms with van der Waals surface area (Å²) in [6.45, 7) is 4.11. The minimum absolute atomic E-state index is 0.239. The molecule has 4 nitrogen and oxygen atoms in total. The lowest BCUT2D eigenvalue weighted by atomic mass is 10.1. The SMILES string of the molecule is Cc1ccc(-n2nnnc2SCc2ccc(Br)cc2F)cc1C. The van der Waals surface area contributed by atoms with Gasteiger partial charge in [-0.15, -0.1) is 5.10 Å². The molecule has 0 saturated carbocycles. The summed E-state index contributed by atoms with van der Waals surface area (Å²) < 4.78 is 16.3. The van der Waals surface area contributed by atoms with Crippen molar-refractivity contribution in [3.63, 3.8) is 0 Å². The highest BCUT2D eigenvalue weighted by Gasteiger charge is 2.11.